The highest BCUT2D eigenvalue weighted by Crippen LogP contribution is 2.19. The van der Waals surface area contributed by atoms with Gasteiger partial charge in [-0.2, -0.15) is 13.2 Å². The molecule has 0 fully saturated rings. The molecule has 0 aliphatic heterocycles. The molecule has 6 nitrogen and oxygen atoms in total. The van der Waals surface area contributed by atoms with Crippen LogP contribution in [0, 0.1) is 0 Å². The number of imidazole rings is 1. The lowest BCUT2D eigenvalue weighted by Gasteiger charge is -2.10. The summed E-state index contributed by atoms with van der Waals surface area (Å²) in [5, 5.41) is 8.08. The van der Waals surface area contributed by atoms with Gasteiger partial charge in [-0.05, 0) is 17.7 Å². The third-order valence-electron chi connectivity index (χ3n) is 3.14. The molecule has 0 aliphatic rings. The quantitative estimate of drug-likeness (QED) is 0.693. The fourth-order valence-electron chi connectivity index (χ4n) is 2.14. The van der Waals surface area contributed by atoms with Crippen LogP contribution in [0.5, 0.6) is 5.75 Å². The maximum Gasteiger partial charge on any atom is 0.422 e. The van der Waals surface area contributed by atoms with Gasteiger partial charge in [-0.3, -0.25) is 0 Å². The Bertz CT molecular complexity index is 783. The van der Waals surface area contributed by atoms with E-state index in [1.54, 1.807) is 41.6 Å². The summed E-state index contributed by atoms with van der Waals surface area (Å²) in [6, 6.07) is 6.48. The first kappa shape index (κ1) is 16.0. The van der Waals surface area contributed by atoms with Gasteiger partial charge in [0.2, 0.25) is 0 Å². The van der Waals surface area contributed by atoms with Crippen LogP contribution in [-0.4, -0.2) is 37.3 Å². The van der Waals surface area contributed by atoms with Crippen molar-refractivity contribution in [1.82, 2.24) is 24.5 Å². The summed E-state index contributed by atoms with van der Waals surface area (Å²) in [6.45, 7) is -0.371. The third kappa shape index (κ3) is 4.58. The van der Waals surface area contributed by atoms with E-state index >= 15 is 0 Å². The Hall–Kier alpha value is -2.84. The van der Waals surface area contributed by atoms with Crippen LogP contribution in [0.3, 0.4) is 0 Å². The standard InChI is InChI=1S/C15H14F3N5O/c16-15(17,18)10-24-14-3-1-2-12(6-14)7-23-9-13(20-21-23)8-22-5-4-19-11-22/h1-6,9,11H,7-8,10H2. The van der Waals surface area contributed by atoms with Gasteiger partial charge in [0, 0.05) is 12.4 Å². The summed E-state index contributed by atoms with van der Waals surface area (Å²) in [5.41, 5.74) is 1.53. The van der Waals surface area contributed by atoms with Crippen molar-refractivity contribution in [2.75, 3.05) is 6.61 Å². The van der Waals surface area contributed by atoms with Gasteiger partial charge >= 0.3 is 6.18 Å². The Morgan fingerprint density at radius 2 is 2.04 bits per heavy atom. The molecule has 9 heteroatoms. The Labute approximate surface area is 135 Å². The van der Waals surface area contributed by atoms with E-state index < -0.39 is 12.8 Å². The zero-order valence-corrected chi connectivity index (χ0v) is 12.5. The molecule has 24 heavy (non-hydrogen) atoms. The fourth-order valence-corrected chi connectivity index (χ4v) is 2.14. The molecular weight excluding hydrogens is 323 g/mol. The molecule has 0 radical (unpaired) electrons. The van der Waals surface area contributed by atoms with E-state index in [0.29, 0.717) is 13.1 Å². The SMILES string of the molecule is FC(F)(F)COc1cccc(Cn2cc(Cn3ccnc3)nn2)c1. The van der Waals surface area contributed by atoms with Gasteiger partial charge in [-0.1, -0.05) is 17.3 Å². The topological polar surface area (TPSA) is 57.8 Å². The molecule has 0 saturated carbocycles. The molecule has 2 aromatic heterocycles. The number of hydrogen-bond acceptors (Lipinski definition) is 4. The van der Waals surface area contributed by atoms with Crippen LogP contribution < -0.4 is 4.74 Å². The van der Waals surface area contributed by atoms with Crippen molar-refractivity contribution < 1.29 is 17.9 Å². The first-order valence-electron chi connectivity index (χ1n) is 7.11. The monoisotopic (exact) mass is 337 g/mol. The van der Waals surface area contributed by atoms with Gasteiger partial charge in [0.05, 0.1) is 25.6 Å². The second kappa shape index (κ2) is 6.73. The van der Waals surface area contributed by atoms with Gasteiger partial charge in [0.1, 0.15) is 11.4 Å². The highest BCUT2D eigenvalue weighted by atomic mass is 19.4. The summed E-state index contributed by atoms with van der Waals surface area (Å²) in [4.78, 5) is 3.95. The molecule has 126 valence electrons. The number of alkyl halides is 3. The molecule has 3 aromatic rings. The largest absolute Gasteiger partial charge is 0.484 e. The molecule has 3 rings (SSSR count). The van der Waals surface area contributed by atoms with E-state index in [-0.39, 0.29) is 5.75 Å². The maximum atomic E-state index is 12.2. The predicted octanol–water partition coefficient (Wildman–Crippen LogP) is 2.51. The Balaban J connectivity index is 1.62. The number of ether oxygens (including phenoxy) is 1. The molecule has 0 N–H and O–H groups in total. The summed E-state index contributed by atoms with van der Waals surface area (Å²) in [7, 11) is 0. The van der Waals surface area contributed by atoms with Crippen LogP contribution in [0.4, 0.5) is 13.2 Å². The van der Waals surface area contributed by atoms with Gasteiger partial charge in [-0.25, -0.2) is 9.67 Å². The van der Waals surface area contributed by atoms with Gasteiger partial charge in [-0.15, -0.1) is 5.10 Å². The van der Waals surface area contributed by atoms with Crippen molar-refractivity contribution in [2.24, 2.45) is 0 Å². The fraction of sp³-hybridized carbons (Fsp3) is 0.267. The third-order valence-corrected chi connectivity index (χ3v) is 3.14. The van der Waals surface area contributed by atoms with Crippen LogP contribution in [0.1, 0.15) is 11.3 Å². The van der Waals surface area contributed by atoms with Gasteiger partial charge in [0.25, 0.3) is 0 Å². The molecule has 0 atom stereocenters. The molecule has 1 aromatic carbocycles. The van der Waals surface area contributed by atoms with E-state index in [1.165, 1.54) is 6.07 Å². The second-order valence-electron chi connectivity index (χ2n) is 5.19. The van der Waals surface area contributed by atoms with Crippen molar-refractivity contribution in [1.29, 1.82) is 0 Å². The van der Waals surface area contributed by atoms with Crippen molar-refractivity contribution in [2.45, 2.75) is 19.3 Å². The molecule has 0 saturated heterocycles. The zero-order chi connectivity index (χ0) is 17.0. The van der Waals surface area contributed by atoms with E-state index in [4.69, 9.17) is 4.74 Å². The van der Waals surface area contributed by atoms with Crippen LogP contribution >= 0.6 is 0 Å². The number of aromatic nitrogens is 5. The van der Waals surface area contributed by atoms with Crippen molar-refractivity contribution in [3.63, 3.8) is 0 Å². The first-order chi connectivity index (χ1) is 11.5. The minimum atomic E-state index is -4.36. The lowest BCUT2D eigenvalue weighted by atomic mass is 10.2. The zero-order valence-electron chi connectivity index (χ0n) is 12.5. The average Bonchev–Trinajstić information content (AvgIpc) is 3.18. The van der Waals surface area contributed by atoms with Gasteiger partial charge < -0.3 is 9.30 Å². The highest BCUT2D eigenvalue weighted by molar-refractivity contribution is 5.28. The number of rotatable bonds is 6. The molecule has 2 heterocycles. The molecular formula is C15H14F3N5O. The number of hydrogen-bond donors (Lipinski definition) is 0. The van der Waals surface area contributed by atoms with E-state index in [9.17, 15) is 13.2 Å². The number of benzene rings is 1. The smallest absolute Gasteiger partial charge is 0.422 e. The molecule has 0 bridgehead atoms. The number of halogens is 3. The van der Waals surface area contributed by atoms with Crippen molar-refractivity contribution in [3.05, 3.63) is 60.4 Å². The Kier molecular flexibility index (Phi) is 4.50. The van der Waals surface area contributed by atoms with Crippen LogP contribution in [0.15, 0.2) is 49.2 Å². The average molecular weight is 337 g/mol. The summed E-state index contributed by atoms with van der Waals surface area (Å²) < 4.78 is 44.8. The van der Waals surface area contributed by atoms with E-state index in [1.807, 2.05) is 10.8 Å². The van der Waals surface area contributed by atoms with Crippen LogP contribution in [0.25, 0.3) is 0 Å². The minimum Gasteiger partial charge on any atom is -0.484 e. The summed E-state index contributed by atoms with van der Waals surface area (Å²) in [6.07, 6.45) is 2.60. The van der Waals surface area contributed by atoms with Crippen LogP contribution in [-0.2, 0) is 13.1 Å². The first-order valence-corrected chi connectivity index (χ1v) is 7.11. The Morgan fingerprint density at radius 1 is 1.17 bits per heavy atom. The Morgan fingerprint density at radius 3 is 2.79 bits per heavy atom. The van der Waals surface area contributed by atoms with Crippen molar-refractivity contribution >= 4 is 0 Å². The highest BCUT2D eigenvalue weighted by Gasteiger charge is 2.28. The minimum absolute atomic E-state index is 0.170. The lowest BCUT2D eigenvalue weighted by Crippen LogP contribution is -2.19. The maximum absolute atomic E-state index is 12.2. The normalized spacial score (nSPS) is 11.6. The molecule has 0 amide bonds. The molecule has 0 aliphatic carbocycles. The lowest BCUT2D eigenvalue weighted by molar-refractivity contribution is -0.153. The molecule has 0 spiro atoms. The van der Waals surface area contributed by atoms with E-state index in [0.717, 1.165) is 11.3 Å². The molecule has 0 unspecified atom stereocenters. The summed E-state index contributed by atoms with van der Waals surface area (Å²) in [5.74, 6) is 0.170. The second-order valence-corrected chi connectivity index (χ2v) is 5.19. The summed E-state index contributed by atoms with van der Waals surface area (Å²) >= 11 is 0. The van der Waals surface area contributed by atoms with Crippen LogP contribution in [0.2, 0.25) is 0 Å². The number of nitrogens with zero attached hydrogens (tertiary/aromatic N) is 5. The van der Waals surface area contributed by atoms with Gasteiger partial charge in [0.15, 0.2) is 6.61 Å². The van der Waals surface area contributed by atoms with Crippen molar-refractivity contribution in [3.8, 4) is 5.75 Å². The predicted molar refractivity (Wildman–Crippen MR) is 78.4 cm³/mol. The van der Waals surface area contributed by atoms with E-state index in [2.05, 4.69) is 15.3 Å².